The third kappa shape index (κ3) is 2.70. The van der Waals surface area contributed by atoms with Crippen LogP contribution in [0.2, 0.25) is 5.02 Å². The molecule has 5 nitrogen and oxygen atoms in total. The Balaban J connectivity index is 2.30. The molecule has 0 amide bonds. The predicted molar refractivity (Wildman–Crippen MR) is 63.5 cm³/mol. The van der Waals surface area contributed by atoms with Gasteiger partial charge in [-0.2, -0.15) is 0 Å². The van der Waals surface area contributed by atoms with Crippen LogP contribution in [0, 0.1) is 0 Å². The molecule has 1 heterocycles. The van der Waals surface area contributed by atoms with E-state index in [1.165, 1.54) is 6.07 Å². The van der Waals surface area contributed by atoms with Crippen LogP contribution in [0.15, 0.2) is 45.8 Å². The number of rotatable bonds is 3. The van der Waals surface area contributed by atoms with Crippen molar-refractivity contribution in [2.75, 3.05) is 0 Å². The molecule has 0 bridgehead atoms. The lowest BCUT2D eigenvalue weighted by Crippen LogP contribution is -2.07. The molecule has 0 unspecified atom stereocenters. The summed E-state index contributed by atoms with van der Waals surface area (Å²) < 4.78 is 9.99. The van der Waals surface area contributed by atoms with E-state index in [0.717, 1.165) is 12.3 Å². The summed E-state index contributed by atoms with van der Waals surface area (Å²) in [7, 11) is 0. The Labute approximate surface area is 106 Å². The molecule has 0 atom stereocenters. The van der Waals surface area contributed by atoms with Crippen LogP contribution in [-0.2, 0) is 0 Å². The number of hydrogen-bond acceptors (Lipinski definition) is 4. The van der Waals surface area contributed by atoms with Gasteiger partial charge in [-0.05, 0) is 18.2 Å². The van der Waals surface area contributed by atoms with Gasteiger partial charge in [0.2, 0.25) is 16.9 Å². The number of aromatic carboxylic acids is 1. The topological polar surface area (TPSA) is 76.7 Å². The standard InChI is InChI=1S/C12H7ClO5/c13-7-2-1-3-8(4-7)18-11-6-17-10(12(15)16)5-9(11)14/h1-6H,(H,15,16). The lowest BCUT2D eigenvalue weighted by molar-refractivity contribution is 0.0659. The van der Waals surface area contributed by atoms with Crippen LogP contribution < -0.4 is 10.2 Å². The summed E-state index contributed by atoms with van der Waals surface area (Å²) in [5, 5.41) is 9.09. The SMILES string of the molecule is O=C(O)c1cc(=O)c(Oc2cccc(Cl)c2)co1. The van der Waals surface area contributed by atoms with Crippen molar-refractivity contribution in [2.45, 2.75) is 0 Å². The second kappa shape index (κ2) is 4.93. The number of carboxylic acid groups (broad SMARTS) is 1. The smallest absolute Gasteiger partial charge is 0.371 e. The summed E-state index contributed by atoms with van der Waals surface area (Å²) in [6.45, 7) is 0. The number of carboxylic acids is 1. The van der Waals surface area contributed by atoms with Gasteiger partial charge < -0.3 is 14.3 Å². The quantitative estimate of drug-likeness (QED) is 0.924. The zero-order valence-corrected chi connectivity index (χ0v) is 9.68. The highest BCUT2D eigenvalue weighted by Gasteiger charge is 2.10. The number of benzene rings is 1. The van der Waals surface area contributed by atoms with E-state index in [4.69, 9.17) is 25.9 Å². The molecule has 0 saturated carbocycles. The fourth-order valence-corrected chi connectivity index (χ4v) is 1.42. The second-order valence-corrected chi connectivity index (χ2v) is 3.77. The van der Waals surface area contributed by atoms with Crippen LogP contribution in [-0.4, -0.2) is 11.1 Å². The molecule has 1 N–H and O–H groups in total. The van der Waals surface area contributed by atoms with Gasteiger partial charge in [-0.25, -0.2) is 4.79 Å². The van der Waals surface area contributed by atoms with Crippen LogP contribution in [0.4, 0.5) is 0 Å². The molecule has 2 aromatic rings. The molecule has 0 radical (unpaired) electrons. The molecule has 6 heteroatoms. The highest BCUT2D eigenvalue weighted by atomic mass is 35.5. The number of hydrogen-bond donors (Lipinski definition) is 1. The lowest BCUT2D eigenvalue weighted by atomic mass is 10.3. The number of halogens is 1. The van der Waals surface area contributed by atoms with Gasteiger partial charge >= 0.3 is 5.97 Å². The minimum absolute atomic E-state index is 0.109. The van der Waals surface area contributed by atoms with Crippen molar-refractivity contribution in [3.05, 3.63) is 57.6 Å². The van der Waals surface area contributed by atoms with E-state index in [1.54, 1.807) is 18.2 Å². The average molecular weight is 267 g/mol. The minimum Gasteiger partial charge on any atom is -0.475 e. The third-order valence-corrected chi connectivity index (χ3v) is 2.27. The average Bonchev–Trinajstić information content (AvgIpc) is 2.31. The molecule has 92 valence electrons. The van der Waals surface area contributed by atoms with E-state index in [1.807, 2.05) is 0 Å². The van der Waals surface area contributed by atoms with Gasteiger partial charge in [-0.3, -0.25) is 4.79 Å². The maximum atomic E-state index is 11.6. The van der Waals surface area contributed by atoms with E-state index < -0.39 is 17.2 Å². The molecule has 0 aliphatic rings. The number of carbonyl (C=O) groups is 1. The molecule has 0 aliphatic carbocycles. The first-order valence-corrected chi connectivity index (χ1v) is 5.23. The Kier molecular flexibility index (Phi) is 3.34. The second-order valence-electron chi connectivity index (χ2n) is 3.34. The highest BCUT2D eigenvalue weighted by molar-refractivity contribution is 6.30. The van der Waals surface area contributed by atoms with Gasteiger partial charge in [0, 0.05) is 11.1 Å². The molecule has 0 saturated heterocycles. The Morgan fingerprint density at radius 2 is 2.11 bits per heavy atom. The fourth-order valence-electron chi connectivity index (χ4n) is 1.24. The van der Waals surface area contributed by atoms with Crippen LogP contribution in [0.1, 0.15) is 10.6 Å². The Morgan fingerprint density at radius 3 is 2.72 bits per heavy atom. The molecule has 0 fully saturated rings. The Morgan fingerprint density at radius 1 is 1.33 bits per heavy atom. The van der Waals surface area contributed by atoms with Crippen LogP contribution in [0.5, 0.6) is 11.5 Å². The Bertz CT molecular complexity index is 647. The fraction of sp³-hybridized carbons (Fsp3) is 0. The first-order chi connectivity index (χ1) is 8.56. The molecule has 1 aromatic carbocycles. The maximum absolute atomic E-state index is 11.6. The predicted octanol–water partition coefficient (Wildman–Crippen LogP) is 2.78. The zero-order chi connectivity index (χ0) is 13.1. The summed E-state index contributed by atoms with van der Waals surface area (Å²) in [5.41, 5.74) is -0.585. The molecular formula is C12H7ClO5. The van der Waals surface area contributed by atoms with Crippen molar-refractivity contribution in [3.8, 4) is 11.5 Å². The van der Waals surface area contributed by atoms with E-state index in [0.29, 0.717) is 10.8 Å². The molecule has 18 heavy (non-hydrogen) atoms. The van der Waals surface area contributed by atoms with Crippen LogP contribution in [0.25, 0.3) is 0 Å². The molecular weight excluding hydrogens is 260 g/mol. The highest BCUT2D eigenvalue weighted by Crippen LogP contribution is 2.22. The molecule has 0 aliphatic heterocycles. The van der Waals surface area contributed by atoms with E-state index in [-0.39, 0.29) is 5.75 Å². The first kappa shape index (κ1) is 12.2. The third-order valence-electron chi connectivity index (χ3n) is 2.03. The van der Waals surface area contributed by atoms with Crippen LogP contribution in [0.3, 0.4) is 0 Å². The largest absolute Gasteiger partial charge is 0.475 e. The lowest BCUT2D eigenvalue weighted by Gasteiger charge is -2.04. The number of ether oxygens (including phenoxy) is 1. The van der Waals surface area contributed by atoms with Crippen LogP contribution >= 0.6 is 11.6 Å². The van der Waals surface area contributed by atoms with E-state index in [9.17, 15) is 9.59 Å². The monoisotopic (exact) mass is 266 g/mol. The maximum Gasteiger partial charge on any atom is 0.371 e. The van der Waals surface area contributed by atoms with Gasteiger partial charge in [-0.15, -0.1) is 0 Å². The van der Waals surface area contributed by atoms with Gasteiger partial charge in [-0.1, -0.05) is 17.7 Å². The van der Waals surface area contributed by atoms with Crippen molar-refractivity contribution < 1.29 is 19.1 Å². The first-order valence-electron chi connectivity index (χ1n) is 4.86. The zero-order valence-electron chi connectivity index (χ0n) is 8.92. The Hall–Kier alpha value is -2.27. The summed E-state index contributed by atoms with van der Waals surface area (Å²) in [5.74, 6) is -1.51. The molecule has 1 aromatic heterocycles. The van der Waals surface area contributed by atoms with Gasteiger partial charge in [0.15, 0.2) is 0 Å². The van der Waals surface area contributed by atoms with Crippen molar-refractivity contribution in [3.63, 3.8) is 0 Å². The van der Waals surface area contributed by atoms with Gasteiger partial charge in [0.1, 0.15) is 12.0 Å². The summed E-state index contributed by atoms with van der Waals surface area (Å²) in [4.78, 5) is 22.1. The van der Waals surface area contributed by atoms with Crippen molar-refractivity contribution in [2.24, 2.45) is 0 Å². The summed E-state index contributed by atoms with van der Waals surface area (Å²) >= 11 is 5.76. The van der Waals surface area contributed by atoms with E-state index in [2.05, 4.69) is 0 Å². The van der Waals surface area contributed by atoms with Gasteiger partial charge in [0.05, 0.1) is 0 Å². The summed E-state index contributed by atoms with van der Waals surface area (Å²) in [6, 6.07) is 7.29. The van der Waals surface area contributed by atoms with Crippen molar-refractivity contribution in [1.29, 1.82) is 0 Å². The van der Waals surface area contributed by atoms with E-state index >= 15 is 0 Å². The molecule has 2 rings (SSSR count). The normalized spacial score (nSPS) is 10.1. The summed E-state index contributed by atoms with van der Waals surface area (Å²) in [6.07, 6.45) is 0.951. The minimum atomic E-state index is -1.32. The van der Waals surface area contributed by atoms with Gasteiger partial charge in [0.25, 0.3) is 0 Å². The van der Waals surface area contributed by atoms with Crippen molar-refractivity contribution >= 4 is 17.6 Å². The van der Waals surface area contributed by atoms with Crippen molar-refractivity contribution in [1.82, 2.24) is 0 Å². The molecule has 0 spiro atoms.